The Morgan fingerprint density at radius 3 is 2.17 bits per heavy atom. The van der Waals surface area contributed by atoms with Crippen molar-refractivity contribution in [1.29, 1.82) is 0 Å². The lowest BCUT2D eigenvalue weighted by molar-refractivity contribution is -0.960. The van der Waals surface area contributed by atoms with E-state index in [4.69, 9.17) is 9.47 Å². The molecule has 130 valence electrons. The van der Waals surface area contributed by atoms with Crippen LogP contribution in [0.25, 0.3) is 0 Å². The molecule has 1 unspecified atom stereocenters. The molecule has 2 aromatic carbocycles. The summed E-state index contributed by atoms with van der Waals surface area (Å²) in [6.07, 6.45) is 0. The van der Waals surface area contributed by atoms with Crippen molar-refractivity contribution in [3.05, 3.63) is 59.7 Å². The van der Waals surface area contributed by atoms with Gasteiger partial charge in [0.05, 0.1) is 33.9 Å². The van der Waals surface area contributed by atoms with Gasteiger partial charge in [0.2, 0.25) is 0 Å². The first-order chi connectivity index (χ1) is 11.6. The number of methoxy groups -OCH3 is 2. The van der Waals surface area contributed by atoms with Gasteiger partial charge < -0.3 is 19.3 Å². The van der Waals surface area contributed by atoms with Crippen molar-refractivity contribution in [3.8, 4) is 11.5 Å². The summed E-state index contributed by atoms with van der Waals surface area (Å²) in [6, 6.07) is 16.8. The second-order valence-electron chi connectivity index (χ2n) is 6.45. The zero-order valence-corrected chi connectivity index (χ0v) is 15.3. The van der Waals surface area contributed by atoms with E-state index in [9.17, 15) is 0 Å². The van der Waals surface area contributed by atoms with Crippen molar-refractivity contribution in [2.45, 2.75) is 13.1 Å². The number of nitrogens with one attached hydrogen (secondary N) is 2. The van der Waals surface area contributed by atoms with Gasteiger partial charge in [0.15, 0.2) is 11.5 Å². The van der Waals surface area contributed by atoms with Crippen molar-refractivity contribution in [2.75, 3.05) is 41.4 Å². The second-order valence-corrected chi connectivity index (χ2v) is 6.45. The molecule has 0 radical (unpaired) electrons. The van der Waals surface area contributed by atoms with E-state index in [0.29, 0.717) is 0 Å². The van der Waals surface area contributed by atoms with Crippen LogP contribution in [0, 0.1) is 0 Å². The maximum atomic E-state index is 5.60. The highest BCUT2D eigenvalue weighted by molar-refractivity contribution is 5.46. The van der Waals surface area contributed by atoms with Crippen LogP contribution in [0.3, 0.4) is 0 Å². The van der Waals surface area contributed by atoms with E-state index in [1.54, 1.807) is 14.2 Å². The molecule has 0 fully saturated rings. The molecule has 2 N–H and O–H groups in total. The van der Waals surface area contributed by atoms with Crippen LogP contribution in [-0.4, -0.2) is 41.4 Å². The van der Waals surface area contributed by atoms with E-state index in [-0.39, 0.29) is 0 Å². The van der Waals surface area contributed by atoms with Crippen LogP contribution < -0.4 is 19.3 Å². The van der Waals surface area contributed by atoms with Crippen LogP contribution >= 0.6 is 0 Å². The SMILES string of the molecule is COc1cccc(C[NH+](CC[NH+](C)C)Cc2ccccc2)c1OC. The first-order valence-electron chi connectivity index (χ1n) is 8.50. The van der Waals surface area contributed by atoms with Gasteiger partial charge in [-0.2, -0.15) is 0 Å². The van der Waals surface area contributed by atoms with Gasteiger partial charge in [0.1, 0.15) is 26.2 Å². The molecule has 0 amide bonds. The molecule has 0 saturated carbocycles. The minimum atomic E-state index is 0.798. The quantitative estimate of drug-likeness (QED) is 0.698. The molecule has 2 aromatic rings. The molecule has 0 aliphatic rings. The Kier molecular flexibility index (Phi) is 7.09. The number of hydrogen-bond acceptors (Lipinski definition) is 2. The molecular formula is C20H30N2O2+2. The van der Waals surface area contributed by atoms with Crippen LogP contribution in [0.2, 0.25) is 0 Å². The molecule has 0 heterocycles. The fourth-order valence-electron chi connectivity index (χ4n) is 2.91. The largest absolute Gasteiger partial charge is 0.493 e. The highest BCUT2D eigenvalue weighted by Crippen LogP contribution is 2.30. The molecule has 2 rings (SSSR count). The zero-order chi connectivity index (χ0) is 17.4. The fourth-order valence-corrected chi connectivity index (χ4v) is 2.91. The molecule has 1 atom stereocenters. The number of likely N-dealkylation sites (N-methyl/N-ethyl adjacent to an activating group) is 1. The molecule has 0 aromatic heterocycles. The first kappa shape index (κ1) is 18.3. The third-order valence-electron chi connectivity index (χ3n) is 4.20. The van der Waals surface area contributed by atoms with Gasteiger partial charge in [-0.25, -0.2) is 0 Å². The third kappa shape index (κ3) is 5.25. The molecule has 0 aliphatic heterocycles. The third-order valence-corrected chi connectivity index (χ3v) is 4.20. The summed E-state index contributed by atoms with van der Waals surface area (Å²) in [4.78, 5) is 2.99. The highest BCUT2D eigenvalue weighted by atomic mass is 16.5. The van der Waals surface area contributed by atoms with Gasteiger partial charge in [0, 0.05) is 5.56 Å². The minimum Gasteiger partial charge on any atom is -0.493 e. The molecule has 4 heteroatoms. The first-order valence-corrected chi connectivity index (χ1v) is 8.50. The average Bonchev–Trinajstić information content (AvgIpc) is 2.60. The number of benzene rings is 2. The monoisotopic (exact) mass is 330 g/mol. The van der Waals surface area contributed by atoms with Crippen LogP contribution in [0.4, 0.5) is 0 Å². The number of hydrogen-bond donors (Lipinski definition) is 2. The number of ether oxygens (including phenoxy) is 2. The molecule has 0 saturated heterocycles. The van der Waals surface area contributed by atoms with Gasteiger partial charge in [-0.15, -0.1) is 0 Å². The van der Waals surface area contributed by atoms with E-state index in [0.717, 1.165) is 37.7 Å². The second kappa shape index (κ2) is 9.30. The Bertz CT molecular complexity index is 614. The smallest absolute Gasteiger partial charge is 0.169 e. The summed E-state index contributed by atoms with van der Waals surface area (Å²) in [6.45, 7) is 4.17. The number of para-hydroxylation sites is 1. The maximum Gasteiger partial charge on any atom is 0.169 e. The normalized spacial score (nSPS) is 12.2. The summed E-state index contributed by atoms with van der Waals surface area (Å²) in [5.74, 6) is 1.65. The van der Waals surface area contributed by atoms with Gasteiger partial charge in [-0.1, -0.05) is 36.4 Å². The summed E-state index contributed by atoms with van der Waals surface area (Å²) in [5, 5.41) is 0. The van der Waals surface area contributed by atoms with E-state index in [1.165, 1.54) is 20.9 Å². The zero-order valence-electron chi connectivity index (χ0n) is 15.3. The topological polar surface area (TPSA) is 27.3 Å². The Labute approximate surface area is 145 Å². The standard InChI is InChI=1S/C20H28N2O2/c1-21(2)13-14-22(15-17-9-6-5-7-10-17)16-18-11-8-12-19(23-3)20(18)24-4/h5-12H,13-16H2,1-4H3/p+2. The van der Waals surface area contributed by atoms with Crippen molar-refractivity contribution < 1.29 is 19.3 Å². The Morgan fingerprint density at radius 1 is 0.792 bits per heavy atom. The lowest BCUT2D eigenvalue weighted by Crippen LogP contribution is -3.16. The molecule has 0 spiro atoms. The van der Waals surface area contributed by atoms with Crippen LogP contribution in [0.15, 0.2) is 48.5 Å². The Hall–Kier alpha value is -2.04. The van der Waals surface area contributed by atoms with Gasteiger partial charge in [-0.05, 0) is 12.1 Å². The predicted molar refractivity (Wildman–Crippen MR) is 96.9 cm³/mol. The number of rotatable bonds is 9. The van der Waals surface area contributed by atoms with Crippen molar-refractivity contribution in [2.24, 2.45) is 0 Å². The summed E-state index contributed by atoms with van der Waals surface area (Å²) in [7, 11) is 7.80. The Balaban J connectivity index is 2.18. The van der Waals surface area contributed by atoms with Crippen LogP contribution in [0.5, 0.6) is 11.5 Å². The molecule has 24 heavy (non-hydrogen) atoms. The molecule has 0 aliphatic carbocycles. The van der Waals surface area contributed by atoms with E-state index >= 15 is 0 Å². The lowest BCUT2D eigenvalue weighted by Gasteiger charge is -2.22. The van der Waals surface area contributed by atoms with Crippen LogP contribution in [0.1, 0.15) is 11.1 Å². The van der Waals surface area contributed by atoms with E-state index in [1.807, 2.05) is 12.1 Å². The molecular weight excluding hydrogens is 300 g/mol. The Morgan fingerprint density at radius 2 is 1.54 bits per heavy atom. The van der Waals surface area contributed by atoms with E-state index < -0.39 is 0 Å². The van der Waals surface area contributed by atoms with Crippen molar-refractivity contribution >= 4 is 0 Å². The van der Waals surface area contributed by atoms with Gasteiger partial charge in [0.25, 0.3) is 0 Å². The average molecular weight is 330 g/mol. The van der Waals surface area contributed by atoms with Crippen LogP contribution in [-0.2, 0) is 13.1 Å². The fraction of sp³-hybridized carbons (Fsp3) is 0.400. The van der Waals surface area contributed by atoms with E-state index in [2.05, 4.69) is 50.5 Å². The summed E-state index contributed by atoms with van der Waals surface area (Å²) < 4.78 is 11.0. The predicted octanol–water partition coefficient (Wildman–Crippen LogP) is 0.433. The summed E-state index contributed by atoms with van der Waals surface area (Å²) >= 11 is 0. The van der Waals surface area contributed by atoms with Crippen molar-refractivity contribution in [3.63, 3.8) is 0 Å². The number of quaternary nitrogens is 2. The highest BCUT2D eigenvalue weighted by Gasteiger charge is 2.17. The molecule has 0 bridgehead atoms. The van der Waals surface area contributed by atoms with Gasteiger partial charge in [-0.3, -0.25) is 0 Å². The lowest BCUT2D eigenvalue weighted by atomic mass is 10.1. The molecule has 4 nitrogen and oxygen atoms in total. The van der Waals surface area contributed by atoms with Crippen molar-refractivity contribution in [1.82, 2.24) is 0 Å². The van der Waals surface area contributed by atoms with Gasteiger partial charge >= 0.3 is 0 Å². The maximum absolute atomic E-state index is 5.60. The minimum absolute atomic E-state index is 0.798. The summed E-state index contributed by atoms with van der Waals surface area (Å²) in [5.41, 5.74) is 2.56.